The Labute approximate surface area is 75.8 Å². The first-order valence-electron chi connectivity index (χ1n) is 3.70. The predicted octanol–water partition coefficient (Wildman–Crippen LogP) is 2.01. The molecule has 0 aliphatic heterocycles. The zero-order chi connectivity index (χ0) is 9.19. The smallest absolute Gasteiger partial charge is 0.213 e. The van der Waals surface area contributed by atoms with Gasteiger partial charge in [-0.15, -0.1) is 11.3 Å². The van der Waals surface area contributed by atoms with Crippen molar-refractivity contribution in [2.24, 2.45) is 0 Å². The molecule has 1 N–H and O–H groups in total. The number of hydrogen-bond acceptors (Lipinski definition) is 3. The molecule has 0 aromatic carbocycles. The first-order chi connectivity index (χ1) is 5.54. The van der Waals surface area contributed by atoms with Crippen LogP contribution in [-0.4, -0.2) is 11.4 Å². The maximum absolute atomic E-state index is 10.1. The summed E-state index contributed by atoms with van der Waals surface area (Å²) in [4.78, 5) is 15.3. The molecule has 0 radical (unpaired) electrons. The van der Waals surface area contributed by atoms with Gasteiger partial charge in [-0.25, -0.2) is 4.98 Å². The van der Waals surface area contributed by atoms with Crippen LogP contribution in [0.4, 0.5) is 5.13 Å². The van der Waals surface area contributed by atoms with E-state index in [-0.39, 0.29) is 5.41 Å². The Hall–Kier alpha value is -0.900. The van der Waals surface area contributed by atoms with Crippen molar-refractivity contribution in [1.29, 1.82) is 0 Å². The first kappa shape index (κ1) is 9.19. The number of nitrogens with zero attached hydrogens (tertiary/aromatic N) is 1. The molecule has 0 spiro atoms. The molecule has 0 atom stereocenters. The molecule has 0 unspecified atom stereocenters. The lowest BCUT2D eigenvalue weighted by atomic mass is 9.96. The van der Waals surface area contributed by atoms with Crippen molar-refractivity contribution in [2.45, 2.75) is 26.2 Å². The van der Waals surface area contributed by atoms with Crippen LogP contribution in [0.3, 0.4) is 0 Å². The number of anilines is 1. The Morgan fingerprint density at radius 2 is 2.25 bits per heavy atom. The van der Waals surface area contributed by atoms with Gasteiger partial charge in [-0.1, -0.05) is 20.8 Å². The highest BCUT2D eigenvalue weighted by molar-refractivity contribution is 7.15. The molecule has 1 aromatic rings. The second kappa shape index (κ2) is 3.23. The fourth-order valence-electron chi connectivity index (χ4n) is 0.738. The molecule has 0 aliphatic rings. The van der Waals surface area contributed by atoms with E-state index in [9.17, 15) is 4.79 Å². The number of rotatable bonds is 2. The van der Waals surface area contributed by atoms with Gasteiger partial charge in [0.1, 0.15) is 0 Å². The predicted molar refractivity (Wildman–Crippen MR) is 50.5 cm³/mol. The lowest BCUT2D eigenvalue weighted by molar-refractivity contribution is -0.105. The minimum atomic E-state index is 0.112. The maximum Gasteiger partial charge on any atom is 0.213 e. The largest absolute Gasteiger partial charge is 0.305 e. The highest BCUT2D eigenvalue weighted by Crippen LogP contribution is 2.29. The molecule has 0 saturated heterocycles. The van der Waals surface area contributed by atoms with E-state index in [0.717, 1.165) is 0 Å². The monoisotopic (exact) mass is 184 g/mol. The lowest BCUT2D eigenvalue weighted by Crippen LogP contribution is -2.07. The number of carbonyl (C=O) groups excluding carboxylic acids is 1. The van der Waals surface area contributed by atoms with E-state index in [1.807, 2.05) is 0 Å². The van der Waals surface area contributed by atoms with Crippen LogP contribution in [0.5, 0.6) is 0 Å². The van der Waals surface area contributed by atoms with Crippen LogP contribution < -0.4 is 5.32 Å². The summed E-state index contributed by atoms with van der Waals surface area (Å²) in [6.07, 6.45) is 2.45. The fraction of sp³-hybridized carbons (Fsp3) is 0.500. The molecule has 3 nitrogen and oxygen atoms in total. The highest BCUT2D eigenvalue weighted by atomic mass is 32.1. The number of carbonyl (C=O) groups is 1. The number of amides is 1. The van der Waals surface area contributed by atoms with Crippen molar-refractivity contribution in [3.63, 3.8) is 0 Å². The SMILES string of the molecule is CC(C)(C)c1cnc(NC=O)s1. The first-order valence-corrected chi connectivity index (χ1v) is 4.52. The molecule has 66 valence electrons. The van der Waals surface area contributed by atoms with E-state index in [1.54, 1.807) is 6.20 Å². The summed E-state index contributed by atoms with van der Waals surface area (Å²) in [5.74, 6) is 0. The van der Waals surface area contributed by atoms with Crippen molar-refractivity contribution in [3.05, 3.63) is 11.1 Å². The van der Waals surface area contributed by atoms with E-state index in [0.29, 0.717) is 11.5 Å². The Bertz CT molecular complexity index is 275. The Morgan fingerprint density at radius 1 is 1.58 bits per heavy atom. The summed E-state index contributed by atoms with van der Waals surface area (Å²) < 4.78 is 0. The second-order valence-corrected chi connectivity index (χ2v) is 4.57. The topological polar surface area (TPSA) is 42.0 Å². The van der Waals surface area contributed by atoms with E-state index in [1.165, 1.54) is 16.2 Å². The molecule has 1 heterocycles. The molecule has 0 fully saturated rings. The van der Waals surface area contributed by atoms with Crippen molar-refractivity contribution < 1.29 is 4.79 Å². The standard InChI is InChI=1S/C8H12N2OS/c1-8(2,3)6-4-9-7(12-6)10-5-11/h4-5H,1-3H3,(H,9,10,11). The zero-order valence-corrected chi connectivity index (χ0v) is 8.23. The van der Waals surface area contributed by atoms with Gasteiger partial charge in [-0.3, -0.25) is 4.79 Å². The van der Waals surface area contributed by atoms with Crippen molar-refractivity contribution >= 4 is 22.9 Å². The van der Waals surface area contributed by atoms with Crippen LogP contribution in [0, 0.1) is 0 Å². The molecule has 0 aliphatic carbocycles. The van der Waals surface area contributed by atoms with Crippen LogP contribution in [-0.2, 0) is 10.2 Å². The highest BCUT2D eigenvalue weighted by Gasteiger charge is 2.16. The molecular weight excluding hydrogens is 172 g/mol. The number of aromatic nitrogens is 1. The van der Waals surface area contributed by atoms with Gasteiger partial charge in [0, 0.05) is 11.1 Å². The van der Waals surface area contributed by atoms with Gasteiger partial charge in [0.25, 0.3) is 0 Å². The second-order valence-electron chi connectivity index (χ2n) is 3.54. The van der Waals surface area contributed by atoms with Crippen LogP contribution in [0.25, 0.3) is 0 Å². The van der Waals surface area contributed by atoms with Crippen LogP contribution >= 0.6 is 11.3 Å². The van der Waals surface area contributed by atoms with E-state index >= 15 is 0 Å². The minimum absolute atomic E-state index is 0.112. The molecule has 12 heavy (non-hydrogen) atoms. The Balaban J connectivity index is 2.84. The summed E-state index contributed by atoms with van der Waals surface area (Å²) in [7, 11) is 0. The Kier molecular flexibility index (Phi) is 2.47. The van der Waals surface area contributed by atoms with E-state index < -0.39 is 0 Å². The van der Waals surface area contributed by atoms with E-state index in [4.69, 9.17) is 0 Å². The van der Waals surface area contributed by atoms with Gasteiger partial charge in [0.15, 0.2) is 5.13 Å². The summed E-state index contributed by atoms with van der Waals surface area (Å²) in [6, 6.07) is 0. The normalized spacial score (nSPS) is 11.2. The molecular formula is C8H12N2OS. The fourth-order valence-corrected chi connectivity index (χ4v) is 1.57. The average molecular weight is 184 g/mol. The van der Waals surface area contributed by atoms with Gasteiger partial charge in [-0.2, -0.15) is 0 Å². The average Bonchev–Trinajstić information content (AvgIpc) is 2.35. The van der Waals surface area contributed by atoms with Crippen molar-refractivity contribution in [3.8, 4) is 0 Å². The number of nitrogens with one attached hydrogen (secondary N) is 1. The molecule has 1 rings (SSSR count). The van der Waals surface area contributed by atoms with Gasteiger partial charge in [0.05, 0.1) is 0 Å². The third kappa shape index (κ3) is 2.04. The number of hydrogen-bond donors (Lipinski definition) is 1. The molecule has 1 amide bonds. The molecule has 1 aromatic heterocycles. The van der Waals surface area contributed by atoms with Crippen LogP contribution in [0.1, 0.15) is 25.6 Å². The van der Waals surface area contributed by atoms with Gasteiger partial charge >= 0.3 is 0 Å². The Morgan fingerprint density at radius 3 is 2.67 bits per heavy atom. The maximum atomic E-state index is 10.1. The molecule has 4 heteroatoms. The van der Waals surface area contributed by atoms with Gasteiger partial charge in [-0.05, 0) is 5.41 Å². The zero-order valence-electron chi connectivity index (χ0n) is 7.42. The van der Waals surface area contributed by atoms with Crippen LogP contribution in [0.2, 0.25) is 0 Å². The quantitative estimate of drug-likeness (QED) is 0.714. The summed E-state index contributed by atoms with van der Waals surface area (Å²) in [6.45, 7) is 6.35. The summed E-state index contributed by atoms with van der Waals surface area (Å²) >= 11 is 1.51. The van der Waals surface area contributed by atoms with Crippen molar-refractivity contribution in [2.75, 3.05) is 5.32 Å². The molecule has 0 saturated carbocycles. The van der Waals surface area contributed by atoms with Crippen molar-refractivity contribution in [1.82, 2.24) is 4.98 Å². The molecule has 0 bridgehead atoms. The minimum Gasteiger partial charge on any atom is -0.305 e. The number of thiazole rings is 1. The summed E-state index contributed by atoms with van der Waals surface area (Å²) in [5.41, 5.74) is 0.112. The van der Waals surface area contributed by atoms with Gasteiger partial charge in [0.2, 0.25) is 6.41 Å². The van der Waals surface area contributed by atoms with E-state index in [2.05, 4.69) is 31.1 Å². The summed E-state index contributed by atoms with van der Waals surface area (Å²) in [5, 5.41) is 3.19. The van der Waals surface area contributed by atoms with Gasteiger partial charge < -0.3 is 5.32 Å². The van der Waals surface area contributed by atoms with Crippen LogP contribution in [0.15, 0.2) is 6.20 Å². The third-order valence-corrected chi connectivity index (χ3v) is 2.78. The third-order valence-electron chi connectivity index (χ3n) is 1.43. The lowest BCUT2D eigenvalue weighted by Gasteiger charge is -2.14.